The monoisotopic (exact) mass is 281 g/mol. The van der Waals surface area contributed by atoms with E-state index >= 15 is 0 Å². The molecule has 2 nitrogen and oxygen atoms in total. The van der Waals surface area contributed by atoms with Gasteiger partial charge in [-0.2, -0.15) is 0 Å². The Morgan fingerprint density at radius 3 is 2.25 bits per heavy atom. The number of aromatic hydroxyl groups is 1. The number of aryl methyl sites for hydroxylation is 1. The second kappa shape index (κ2) is 5.45. The fourth-order valence-electron chi connectivity index (χ4n) is 2.00. The number of anilines is 1. The highest BCUT2D eigenvalue weighted by Crippen LogP contribution is 2.30. The number of nitrogens with one attached hydrogen (secondary N) is 1. The van der Waals surface area contributed by atoms with E-state index in [9.17, 15) is 18.3 Å². The van der Waals surface area contributed by atoms with E-state index in [4.69, 9.17) is 0 Å². The summed E-state index contributed by atoms with van der Waals surface area (Å²) in [6.07, 6.45) is 0. The van der Waals surface area contributed by atoms with Crippen molar-refractivity contribution < 1.29 is 18.3 Å². The van der Waals surface area contributed by atoms with Gasteiger partial charge >= 0.3 is 0 Å². The first-order valence-electron chi connectivity index (χ1n) is 6.09. The van der Waals surface area contributed by atoms with Gasteiger partial charge in [-0.05, 0) is 19.9 Å². The van der Waals surface area contributed by atoms with Crippen molar-refractivity contribution in [2.45, 2.75) is 19.9 Å². The Balaban J connectivity index is 2.32. The molecule has 0 amide bonds. The lowest BCUT2D eigenvalue weighted by Gasteiger charge is -2.18. The van der Waals surface area contributed by atoms with Gasteiger partial charge in [-0.25, -0.2) is 13.2 Å². The summed E-state index contributed by atoms with van der Waals surface area (Å²) in [5.74, 6) is -2.97. The van der Waals surface area contributed by atoms with Crippen LogP contribution in [0.15, 0.2) is 30.3 Å². The topological polar surface area (TPSA) is 32.3 Å². The van der Waals surface area contributed by atoms with E-state index in [2.05, 4.69) is 5.32 Å². The van der Waals surface area contributed by atoms with E-state index in [1.807, 2.05) is 6.92 Å². The predicted octanol–water partition coefficient (Wildman–Crippen LogP) is 4.29. The molecule has 2 rings (SSSR count). The number of hydrogen-bond donors (Lipinski definition) is 2. The Bertz CT molecular complexity index is 620. The molecule has 5 heteroatoms. The van der Waals surface area contributed by atoms with Gasteiger partial charge in [0.25, 0.3) is 0 Å². The fourth-order valence-corrected chi connectivity index (χ4v) is 2.00. The van der Waals surface area contributed by atoms with Crippen LogP contribution < -0.4 is 5.32 Å². The van der Waals surface area contributed by atoms with Crippen molar-refractivity contribution in [1.29, 1.82) is 0 Å². The molecular formula is C15H14F3NO. The number of halogens is 3. The molecule has 2 aromatic rings. The van der Waals surface area contributed by atoms with E-state index in [1.54, 1.807) is 19.1 Å². The van der Waals surface area contributed by atoms with Crippen LogP contribution in [0.1, 0.15) is 24.1 Å². The lowest BCUT2D eigenvalue weighted by Crippen LogP contribution is -2.10. The summed E-state index contributed by atoms with van der Waals surface area (Å²) in [5.41, 5.74) is 0.999. The molecule has 1 atom stereocenters. The molecule has 0 aliphatic heterocycles. The summed E-state index contributed by atoms with van der Waals surface area (Å²) in [5, 5.41) is 12.4. The first-order chi connectivity index (χ1) is 9.38. The second-order valence-corrected chi connectivity index (χ2v) is 4.67. The molecule has 0 aliphatic rings. The van der Waals surface area contributed by atoms with Gasteiger partial charge in [-0.1, -0.05) is 17.7 Å². The van der Waals surface area contributed by atoms with Crippen LogP contribution in [0.2, 0.25) is 0 Å². The van der Waals surface area contributed by atoms with Crippen LogP contribution in [-0.2, 0) is 0 Å². The standard InChI is InChI=1S/C15H14F3NO/c1-8-3-4-14(20)11(5-8)9(2)19-15-12(17)6-10(16)7-13(15)18/h3-7,9,19-20H,1-2H3. The number of phenols is 1. The van der Waals surface area contributed by atoms with Gasteiger partial charge in [-0.3, -0.25) is 0 Å². The van der Waals surface area contributed by atoms with Gasteiger partial charge < -0.3 is 10.4 Å². The Morgan fingerprint density at radius 2 is 1.65 bits per heavy atom. The molecule has 1 unspecified atom stereocenters. The van der Waals surface area contributed by atoms with E-state index < -0.39 is 29.2 Å². The highest BCUT2D eigenvalue weighted by atomic mass is 19.1. The molecular weight excluding hydrogens is 267 g/mol. The van der Waals surface area contributed by atoms with Crippen LogP contribution in [0, 0.1) is 24.4 Å². The SMILES string of the molecule is Cc1ccc(O)c(C(C)Nc2c(F)cc(F)cc2F)c1. The molecule has 0 aliphatic carbocycles. The normalized spacial score (nSPS) is 12.2. The van der Waals surface area contributed by atoms with Crippen LogP contribution in [-0.4, -0.2) is 5.11 Å². The molecule has 2 aromatic carbocycles. The average molecular weight is 281 g/mol. The summed E-state index contributed by atoms with van der Waals surface area (Å²) in [6.45, 7) is 3.49. The third kappa shape index (κ3) is 2.87. The average Bonchev–Trinajstić information content (AvgIpc) is 2.36. The van der Waals surface area contributed by atoms with Gasteiger partial charge in [0.05, 0.1) is 6.04 Å². The van der Waals surface area contributed by atoms with Gasteiger partial charge in [0.1, 0.15) is 17.3 Å². The van der Waals surface area contributed by atoms with Crippen molar-refractivity contribution >= 4 is 5.69 Å². The molecule has 0 saturated carbocycles. The Labute approximate surface area is 114 Å². The first kappa shape index (κ1) is 14.2. The summed E-state index contributed by atoms with van der Waals surface area (Å²) < 4.78 is 40.0. The lowest BCUT2D eigenvalue weighted by molar-refractivity contribution is 0.464. The molecule has 0 bridgehead atoms. The second-order valence-electron chi connectivity index (χ2n) is 4.67. The maximum absolute atomic E-state index is 13.6. The Kier molecular flexibility index (Phi) is 3.88. The van der Waals surface area contributed by atoms with E-state index in [1.165, 1.54) is 6.07 Å². The van der Waals surface area contributed by atoms with Crippen molar-refractivity contribution in [2.24, 2.45) is 0 Å². The summed E-state index contributed by atoms with van der Waals surface area (Å²) in [4.78, 5) is 0. The number of phenolic OH excluding ortho intramolecular Hbond substituents is 1. The van der Waals surface area contributed by atoms with Crippen LogP contribution in [0.3, 0.4) is 0 Å². The van der Waals surface area contributed by atoms with Gasteiger partial charge in [0.15, 0.2) is 11.6 Å². The van der Waals surface area contributed by atoms with Crippen LogP contribution >= 0.6 is 0 Å². The van der Waals surface area contributed by atoms with Crippen molar-refractivity contribution in [3.63, 3.8) is 0 Å². The minimum atomic E-state index is -1.01. The summed E-state index contributed by atoms with van der Waals surface area (Å²) in [7, 11) is 0. The van der Waals surface area contributed by atoms with Crippen molar-refractivity contribution in [3.8, 4) is 5.75 Å². The largest absolute Gasteiger partial charge is 0.508 e. The predicted molar refractivity (Wildman–Crippen MR) is 71.2 cm³/mol. The van der Waals surface area contributed by atoms with Crippen molar-refractivity contribution in [1.82, 2.24) is 0 Å². The zero-order valence-electron chi connectivity index (χ0n) is 11.0. The van der Waals surface area contributed by atoms with Gasteiger partial charge in [0, 0.05) is 17.7 Å². The quantitative estimate of drug-likeness (QED) is 0.879. The molecule has 0 radical (unpaired) electrons. The van der Waals surface area contributed by atoms with Gasteiger partial charge in [-0.15, -0.1) is 0 Å². The van der Waals surface area contributed by atoms with Gasteiger partial charge in [0.2, 0.25) is 0 Å². The molecule has 0 spiro atoms. The molecule has 2 N–H and O–H groups in total. The first-order valence-corrected chi connectivity index (χ1v) is 6.09. The summed E-state index contributed by atoms with van der Waals surface area (Å²) >= 11 is 0. The van der Waals surface area contributed by atoms with E-state index in [-0.39, 0.29) is 5.75 Å². The molecule has 0 fully saturated rings. The van der Waals surface area contributed by atoms with Crippen molar-refractivity contribution in [2.75, 3.05) is 5.32 Å². The third-order valence-corrected chi connectivity index (χ3v) is 3.02. The minimum absolute atomic E-state index is 0.0264. The molecule has 0 heterocycles. The molecule has 0 aromatic heterocycles. The van der Waals surface area contributed by atoms with Crippen LogP contribution in [0.25, 0.3) is 0 Å². The third-order valence-electron chi connectivity index (χ3n) is 3.02. The smallest absolute Gasteiger partial charge is 0.152 e. The maximum Gasteiger partial charge on any atom is 0.152 e. The van der Waals surface area contributed by atoms with Crippen LogP contribution in [0.4, 0.5) is 18.9 Å². The highest BCUT2D eigenvalue weighted by molar-refractivity contribution is 5.50. The highest BCUT2D eigenvalue weighted by Gasteiger charge is 2.16. The zero-order valence-corrected chi connectivity index (χ0v) is 11.0. The molecule has 106 valence electrons. The number of rotatable bonds is 3. The fraction of sp³-hybridized carbons (Fsp3) is 0.200. The summed E-state index contributed by atoms with van der Waals surface area (Å²) in [6, 6.07) is 5.63. The zero-order chi connectivity index (χ0) is 14.9. The minimum Gasteiger partial charge on any atom is -0.508 e. The Morgan fingerprint density at radius 1 is 1.05 bits per heavy atom. The van der Waals surface area contributed by atoms with Crippen molar-refractivity contribution in [3.05, 3.63) is 58.9 Å². The van der Waals surface area contributed by atoms with E-state index in [0.717, 1.165) is 5.56 Å². The lowest BCUT2D eigenvalue weighted by atomic mass is 10.0. The maximum atomic E-state index is 13.6. The van der Waals surface area contributed by atoms with E-state index in [0.29, 0.717) is 17.7 Å². The number of benzene rings is 2. The Hall–Kier alpha value is -2.17. The van der Waals surface area contributed by atoms with Crippen LogP contribution in [0.5, 0.6) is 5.75 Å². The molecule has 20 heavy (non-hydrogen) atoms. The molecule has 0 saturated heterocycles. The number of hydrogen-bond acceptors (Lipinski definition) is 2.